The van der Waals surface area contributed by atoms with Crippen molar-refractivity contribution in [3.8, 4) is 0 Å². The van der Waals surface area contributed by atoms with Crippen LogP contribution in [0.3, 0.4) is 0 Å². The zero-order chi connectivity index (χ0) is 18.8. The number of fused-ring (bicyclic) bond motifs is 1. The highest BCUT2D eigenvalue weighted by atomic mass is 16.2. The highest BCUT2D eigenvalue weighted by Gasteiger charge is 2.47. The average Bonchev–Trinajstić information content (AvgIpc) is 3.03. The van der Waals surface area contributed by atoms with Gasteiger partial charge < -0.3 is 20.9 Å². The first-order valence-corrected chi connectivity index (χ1v) is 9.09. The Morgan fingerprint density at radius 1 is 1.19 bits per heavy atom. The van der Waals surface area contributed by atoms with Crippen molar-refractivity contribution in [3.63, 3.8) is 0 Å². The summed E-state index contributed by atoms with van der Waals surface area (Å²) in [5.41, 5.74) is 1.01. The van der Waals surface area contributed by atoms with Crippen LogP contribution in [0.2, 0.25) is 0 Å². The van der Waals surface area contributed by atoms with E-state index in [1.807, 2.05) is 51.1 Å². The van der Waals surface area contributed by atoms with Crippen molar-refractivity contribution in [2.24, 2.45) is 5.92 Å². The van der Waals surface area contributed by atoms with Crippen molar-refractivity contribution in [2.75, 3.05) is 6.54 Å². The van der Waals surface area contributed by atoms with Gasteiger partial charge in [-0.25, -0.2) is 4.79 Å². The van der Waals surface area contributed by atoms with Crippen LogP contribution in [0.1, 0.15) is 38.8 Å². The quantitative estimate of drug-likeness (QED) is 0.755. The molecule has 2 heterocycles. The lowest BCUT2D eigenvalue weighted by Crippen LogP contribution is -2.62. The third-order valence-electron chi connectivity index (χ3n) is 5.10. The molecule has 0 radical (unpaired) electrons. The van der Waals surface area contributed by atoms with Crippen molar-refractivity contribution in [2.45, 2.75) is 51.4 Å². The molecule has 2 aliphatic rings. The summed E-state index contributed by atoms with van der Waals surface area (Å²) < 4.78 is 0. The first kappa shape index (κ1) is 18.2. The molecular weight excluding hydrogens is 332 g/mol. The van der Waals surface area contributed by atoms with E-state index in [9.17, 15) is 14.4 Å². The Bertz CT molecular complexity index is 691. The summed E-state index contributed by atoms with van der Waals surface area (Å²) in [6, 6.07) is 8.06. The Balaban J connectivity index is 1.58. The standard InChI is InChI=1S/C19H26N4O3/c1-11(2)16-18(25)23-10-14(9-15(23)17(24)22-16)21-19(26)20-12(3)13-7-5-4-6-8-13/h4-8,11-12,14-16H,9-10H2,1-3H3,(H,22,24)(H2,20,21,26)/t12-,14+,15+,16-/m1/s1. The van der Waals surface area contributed by atoms with Gasteiger partial charge in [-0.3, -0.25) is 9.59 Å². The molecule has 2 fully saturated rings. The van der Waals surface area contributed by atoms with Gasteiger partial charge in [0.05, 0.1) is 12.1 Å². The third-order valence-corrected chi connectivity index (χ3v) is 5.10. The van der Waals surface area contributed by atoms with Gasteiger partial charge in [-0.05, 0) is 24.8 Å². The molecule has 2 aliphatic heterocycles. The molecule has 1 aromatic carbocycles. The lowest BCUT2D eigenvalue weighted by atomic mass is 9.98. The van der Waals surface area contributed by atoms with Crippen molar-refractivity contribution in [1.82, 2.24) is 20.9 Å². The molecule has 4 amide bonds. The summed E-state index contributed by atoms with van der Waals surface area (Å²) in [7, 11) is 0. The summed E-state index contributed by atoms with van der Waals surface area (Å²) in [4.78, 5) is 38.8. The number of nitrogens with one attached hydrogen (secondary N) is 3. The Labute approximate surface area is 153 Å². The lowest BCUT2D eigenvalue weighted by molar-refractivity contribution is -0.148. The van der Waals surface area contributed by atoms with Gasteiger partial charge in [0.15, 0.2) is 0 Å². The molecule has 0 spiro atoms. The number of piperazine rings is 1. The summed E-state index contributed by atoms with van der Waals surface area (Å²) in [5, 5.41) is 8.60. The van der Waals surface area contributed by atoms with Crippen molar-refractivity contribution >= 4 is 17.8 Å². The van der Waals surface area contributed by atoms with Crippen LogP contribution in [0.4, 0.5) is 4.79 Å². The molecule has 140 valence electrons. The maximum absolute atomic E-state index is 12.6. The molecule has 4 atom stereocenters. The lowest BCUT2D eigenvalue weighted by Gasteiger charge is -2.36. The van der Waals surface area contributed by atoms with Crippen LogP contribution in [0.25, 0.3) is 0 Å². The molecule has 0 bridgehead atoms. The highest BCUT2D eigenvalue weighted by Crippen LogP contribution is 2.25. The van der Waals surface area contributed by atoms with Crippen LogP contribution in [0.15, 0.2) is 30.3 Å². The minimum Gasteiger partial charge on any atom is -0.342 e. The van der Waals surface area contributed by atoms with Crippen molar-refractivity contribution in [3.05, 3.63) is 35.9 Å². The van der Waals surface area contributed by atoms with Crippen LogP contribution < -0.4 is 16.0 Å². The van der Waals surface area contributed by atoms with Gasteiger partial charge >= 0.3 is 6.03 Å². The largest absolute Gasteiger partial charge is 0.342 e. The fraction of sp³-hybridized carbons (Fsp3) is 0.526. The minimum absolute atomic E-state index is 0.0365. The molecule has 0 unspecified atom stereocenters. The molecule has 1 aromatic rings. The van der Waals surface area contributed by atoms with E-state index in [-0.39, 0.29) is 35.8 Å². The van der Waals surface area contributed by atoms with Gasteiger partial charge in [0, 0.05) is 6.54 Å². The van der Waals surface area contributed by atoms with Crippen LogP contribution in [-0.2, 0) is 9.59 Å². The highest BCUT2D eigenvalue weighted by molar-refractivity contribution is 5.97. The zero-order valence-corrected chi connectivity index (χ0v) is 15.4. The molecule has 3 rings (SSSR count). The van der Waals surface area contributed by atoms with Gasteiger partial charge in [0.1, 0.15) is 12.1 Å². The van der Waals surface area contributed by atoms with E-state index in [2.05, 4.69) is 16.0 Å². The van der Waals surface area contributed by atoms with Gasteiger partial charge in [-0.2, -0.15) is 0 Å². The number of hydrogen-bond acceptors (Lipinski definition) is 3. The van der Waals surface area contributed by atoms with Crippen molar-refractivity contribution in [1.29, 1.82) is 0 Å². The van der Waals surface area contributed by atoms with Crippen LogP contribution >= 0.6 is 0 Å². The summed E-state index contributed by atoms with van der Waals surface area (Å²) in [5.74, 6) is -0.160. The van der Waals surface area contributed by atoms with E-state index in [0.29, 0.717) is 13.0 Å². The number of rotatable bonds is 4. The minimum atomic E-state index is -0.491. The van der Waals surface area contributed by atoms with Crippen LogP contribution in [0.5, 0.6) is 0 Å². The smallest absolute Gasteiger partial charge is 0.315 e. The second-order valence-corrected chi connectivity index (χ2v) is 7.42. The monoisotopic (exact) mass is 358 g/mol. The Morgan fingerprint density at radius 3 is 2.54 bits per heavy atom. The first-order chi connectivity index (χ1) is 12.4. The number of benzene rings is 1. The number of amides is 4. The number of nitrogens with zero attached hydrogens (tertiary/aromatic N) is 1. The second-order valence-electron chi connectivity index (χ2n) is 7.42. The molecule has 0 aliphatic carbocycles. The maximum atomic E-state index is 12.6. The fourth-order valence-electron chi connectivity index (χ4n) is 3.62. The molecule has 2 saturated heterocycles. The predicted molar refractivity (Wildman–Crippen MR) is 97.2 cm³/mol. The van der Waals surface area contributed by atoms with Gasteiger partial charge in [0.2, 0.25) is 11.8 Å². The molecule has 26 heavy (non-hydrogen) atoms. The average molecular weight is 358 g/mol. The Hall–Kier alpha value is -2.57. The number of carbonyl (C=O) groups is 3. The molecule has 0 aromatic heterocycles. The fourth-order valence-corrected chi connectivity index (χ4v) is 3.62. The first-order valence-electron chi connectivity index (χ1n) is 9.09. The maximum Gasteiger partial charge on any atom is 0.315 e. The van der Waals surface area contributed by atoms with Gasteiger partial charge in [-0.15, -0.1) is 0 Å². The molecule has 0 saturated carbocycles. The Kier molecular flexibility index (Phi) is 5.15. The van der Waals surface area contributed by atoms with E-state index in [4.69, 9.17) is 0 Å². The van der Waals surface area contributed by atoms with Gasteiger partial charge in [-0.1, -0.05) is 44.2 Å². The summed E-state index contributed by atoms with van der Waals surface area (Å²) in [6.45, 7) is 6.10. The molecule has 7 heteroatoms. The zero-order valence-electron chi connectivity index (χ0n) is 15.4. The van der Waals surface area contributed by atoms with E-state index >= 15 is 0 Å². The SMILES string of the molecule is CC(C)[C@H]1NC(=O)[C@@H]2C[C@H](NC(=O)N[C@H](C)c3ccccc3)CN2C1=O. The van der Waals surface area contributed by atoms with E-state index < -0.39 is 12.1 Å². The van der Waals surface area contributed by atoms with Crippen molar-refractivity contribution < 1.29 is 14.4 Å². The normalized spacial score (nSPS) is 26.3. The van der Waals surface area contributed by atoms with E-state index in [0.717, 1.165) is 5.56 Å². The van der Waals surface area contributed by atoms with Gasteiger partial charge in [0.25, 0.3) is 0 Å². The molecular formula is C19H26N4O3. The van der Waals surface area contributed by atoms with Crippen LogP contribution in [0, 0.1) is 5.92 Å². The third kappa shape index (κ3) is 3.66. The predicted octanol–water partition coefficient (Wildman–Crippen LogP) is 1.17. The van der Waals surface area contributed by atoms with E-state index in [1.165, 1.54) is 0 Å². The topological polar surface area (TPSA) is 90.5 Å². The number of hydrogen-bond donors (Lipinski definition) is 3. The van der Waals surface area contributed by atoms with Crippen LogP contribution in [-0.4, -0.2) is 47.4 Å². The second kappa shape index (κ2) is 7.35. The summed E-state index contributed by atoms with van der Waals surface area (Å²) >= 11 is 0. The van der Waals surface area contributed by atoms with E-state index in [1.54, 1.807) is 4.90 Å². The molecule has 7 nitrogen and oxygen atoms in total. The molecule has 3 N–H and O–H groups in total. The number of carbonyl (C=O) groups excluding carboxylic acids is 3. The number of urea groups is 1. The summed E-state index contributed by atoms with van der Waals surface area (Å²) in [6.07, 6.45) is 0.440. The Morgan fingerprint density at radius 2 is 1.88 bits per heavy atom.